The summed E-state index contributed by atoms with van der Waals surface area (Å²) < 4.78 is 0. The first-order chi connectivity index (χ1) is 15.0. The summed E-state index contributed by atoms with van der Waals surface area (Å²) in [5.41, 5.74) is 7.74. The van der Waals surface area contributed by atoms with Crippen LogP contribution in [0.5, 0.6) is 0 Å². The van der Waals surface area contributed by atoms with Gasteiger partial charge in [-0.1, -0.05) is 19.1 Å². The van der Waals surface area contributed by atoms with E-state index in [0.717, 1.165) is 11.3 Å². The van der Waals surface area contributed by atoms with Gasteiger partial charge in [-0.25, -0.2) is 15.0 Å². The SMILES string of the molecule is CC1(C(Nc2ncc(C(N)=O)c(Nc3cccc(-c4ncccn4)c3)n2)C2CC2)CC1. The summed E-state index contributed by atoms with van der Waals surface area (Å²) in [7, 11) is 0. The maximum absolute atomic E-state index is 12.0. The summed E-state index contributed by atoms with van der Waals surface area (Å²) in [6.45, 7) is 2.32. The van der Waals surface area contributed by atoms with Crippen LogP contribution in [0.25, 0.3) is 11.4 Å². The van der Waals surface area contributed by atoms with Gasteiger partial charge in [-0.15, -0.1) is 0 Å². The molecule has 2 aliphatic carbocycles. The van der Waals surface area contributed by atoms with Crippen molar-refractivity contribution in [1.29, 1.82) is 0 Å². The van der Waals surface area contributed by atoms with Crippen LogP contribution >= 0.6 is 0 Å². The van der Waals surface area contributed by atoms with Gasteiger partial charge in [0, 0.05) is 35.9 Å². The number of carbonyl (C=O) groups excluding carboxylic acids is 1. The number of amides is 1. The molecule has 1 unspecified atom stereocenters. The van der Waals surface area contributed by atoms with Crippen molar-refractivity contribution in [1.82, 2.24) is 19.9 Å². The van der Waals surface area contributed by atoms with Gasteiger partial charge in [-0.2, -0.15) is 4.98 Å². The smallest absolute Gasteiger partial charge is 0.254 e. The number of hydrogen-bond acceptors (Lipinski definition) is 7. The van der Waals surface area contributed by atoms with Crippen molar-refractivity contribution in [2.75, 3.05) is 10.6 Å². The van der Waals surface area contributed by atoms with Crippen molar-refractivity contribution in [3.8, 4) is 11.4 Å². The maximum atomic E-state index is 12.0. The minimum absolute atomic E-state index is 0.243. The van der Waals surface area contributed by atoms with E-state index in [1.54, 1.807) is 18.5 Å². The van der Waals surface area contributed by atoms with Gasteiger partial charge in [0.1, 0.15) is 11.4 Å². The Labute approximate surface area is 180 Å². The molecule has 0 radical (unpaired) electrons. The van der Waals surface area contributed by atoms with E-state index < -0.39 is 5.91 Å². The molecule has 1 atom stereocenters. The summed E-state index contributed by atoms with van der Waals surface area (Å²) >= 11 is 0. The molecule has 31 heavy (non-hydrogen) atoms. The molecule has 0 spiro atoms. The summed E-state index contributed by atoms with van der Waals surface area (Å²) in [5, 5.41) is 6.77. The van der Waals surface area contributed by atoms with Crippen molar-refractivity contribution in [2.24, 2.45) is 17.1 Å². The van der Waals surface area contributed by atoms with Crippen LogP contribution in [0.3, 0.4) is 0 Å². The van der Waals surface area contributed by atoms with Crippen molar-refractivity contribution in [2.45, 2.75) is 38.6 Å². The molecule has 0 aliphatic heterocycles. The number of carbonyl (C=O) groups is 1. The third-order valence-corrected chi connectivity index (χ3v) is 6.17. The largest absolute Gasteiger partial charge is 0.365 e. The predicted octanol–water partition coefficient (Wildman–Crippen LogP) is 3.77. The summed E-state index contributed by atoms with van der Waals surface area (Å²) in [6, 6.07) is 9.77. The lowest BCUT2D eigenvalue weighted by molar-refractivity contribution is 0.100. The molecular weight excluding hydrogens is 390 g/mol. The molecule has 2 aromatic heterocycles. The first-order valence-electron chi connectivity index (χ1n) is 10.6. The molecule has 8 nitrogen and oxygen atoms in total. The lowest BCUT2D eigenvalue weighted by Crippen LogP contribution is -2.32. The molecule has 0 bridgehead atoms. The first-order valence-corrected chi connectivity index (χ1v) is 10.6. The van der Waals surface area contributed by atoms with Gasteiger partial charge in [0.25, 0.3) is 5.91 Å². The monoisotopic (exact) mass is 415 g/mol. The fraction of sp³-hybridized carbons (Fsp3) is 0.348. The number of rotatable bonds is 8. The van der Waals surface area contributed by atoms with E-state index >= 15 is 0 Å². The standard InChI is InChI=1S/C23H25N7O/c1-23(8-9-23)18(14-6-7-14)29-22-27-13-17(19(24)31)21(30-22)28-16-5-2-4-15(12-16)20-25-10-3-11-26-20/h2-5,10-14,18H,6-9H2,1H3,(H2,24,31)(H2,27,28,29,30). The summed E-state index contributed by atoms with van der Waals surface area (Å²) in [6.07, 6.45) is 9.82. The lowest BCUT2D eigenvalue weighted by Gasteiger charge is -2.25. The van der Waals surface area contributed by atoms with Gasteiger partial charge in [0.2, 0.25) is 5.95 Å². The van der Waals surface area contributed by atoms with Crippen LogP contribution in [-0.2, 0) is 0 Å². The number of aromatic nitrogens is 4. The highest BCUT2D eigenvalue weighted by Gasteiger charge is 2.51. The van der Waals surface area contributed by atoms with E-state index in [0.29, 0.717) is 35.0 Å². The van der Waals surface area contributed by atoms with E-state index in [9.17, 15) is 4.79 Å². The van der Waals surface area contributed by atoms with E-state index in [1.165, 1.54) is 31.9 Å². The van der Waals surface area contributed by atoms with Crippen LogP contribution in [0, 0.1) is 11.3 Å². The number of nitrogens with zero attached hydrogens (tertiary/aromatic N) is 4. The Hall–Kier alpha value is -3.55. The van der Waals surface area contributed by atoms with E-state index in [1.807, 2.05) is 24.3 Å². The van der Waals surface area contributed by atoms with Crippen LogP contribution in [0.4, 0.5) is 17.5 Å². The Morgan fingerprint density at radius 1 is 1.16 bits per heavy atom. The average Bonchev–Trinajstić information content (AvgIpc) is 3.70. The molecule has 8 heteroatoms. The Kier molecular flexibility index (Phi) is 4.77. The molecule has 5 rings (SSSR count). The van der Waals surface area contributed by atoms with Crippen LogP contribution in [-0.4, -0.2) is 31.9 Å². The predicted molar refractivity (Wildman–Crippen MR) is 119 cm³/mol. The van der Waals surface area contributed by atoms with E-state index in [2.05, 4.69) is 37.5 Å². The number of nitrogens with two attached hydrogens (primary N) is 1. The highest BCUT2D eigenvalue weighted by molar-refractivity contribution is 5.98. The Balaban J connectivity index is 1.43. The Bertz CT molecular complexity index is 1110. The highest BCUT2D eigenvalue weighted by atomic mass is 16.1. The number of primary amides is 1. The van der Waals surface area contributed by atoms with Crippen LogP contribution in [0.2, 0.25) is 0 Å². The molecule has 1 aromatic carbocycles. The molecule has 4 N–H and O–H groups in total. The van der Waals surface area contributed by atoms with Crippen molar-refractivity contribution in [3.63, 3.8) is 0 Å². The minimum atomic E-state index is -0.579. The normalized spacial score (nSPS) is 17.6. The number of benzene rings is 1. The quantitative estimate of drug-likeness (QED) is 0.512. The molecule has 3 aromatic rings. The molecule has 2 aliphatic rings. The Morgan fingerprint density at radius 2 is 1.94 bits per heavy atom. The lowest BCUT2D eigenvalue weighted by atomic mass is 9.94. The first kappa shape index (κ1) is 19.4. The zero-order valence-electron chi connectivity index (χ0n) is 17.4. The third-order valence-electron chi connectivity index (χ3n) is 6.17. The Morgan fingerprint density at radius 3 is 2.61 bits per heavy atom. The second-order valence-corrected chi connectivity index (χ2v) is 8.71. The summed E-state index contributed by atoms with van der Waals surface area (Å²) in [4.78, 5) is 29.6. The molecule has 2 heterocycles. The van der Waals surface area contributed by atoms with Crippen molar-refractivity contribution >= 4 is 23.4 Å². The number of nitrogens with one attached hydrogen (secondary N) is 2. The second kappa shape index (κ2) is 7.61. The minimum Gasteiger partial charge on any atom is -0.365 e. The van der Waals surface area contributed by atoms with Gasteiger partial charge in [0.05, 0.1) is 0 Å². The van der Waals surface area contributed by atoms with Crippen LogP contribution in [0.1, 0.15) is 43.0 Å². The highest BCUT2D eigenvalue weighted by Crippen LogP contribution is 2.55. The molecule has 2 saturated carbocycles. The molecule has 1 amide bonds. The van der Waals surface area contributed by atoms with Gasteiger partial charge in [0.15, 0.2) is 5.82 Å². The van der Waals surface area contributed by atoms with E-state index in [4.69, 9.17) is 5.73 Å². The zero-order valence-corrected chi connectivity index (χ0v) is 17.4. The van der Waals surface area contributed by atoms with Gasteiger partial charge < -0.3 is 16.4 Å². The summed E-state index contributed by atoms with van der Waals surface area (Å²) in [5.74, 6) is 1.61. The van der Waals surface area contributed by atoms with Crippen LogP contribution in [0.15, 0.2) is 48.9 Å². The third kappa shape index (κ3) is 4.19. The number of anilines is 3. The second-order valence-electron chi connectivity index (χ2n) is 8.71. The van der Waals surface area contributed by atoms with Gasteiger partial charge in [-0.3, -0.25) is 4.79 Å². The topological polar surface area (TPSA) is 119 Å². The molecule has 2 fully saturated rings. The zero-order chi connectivity index (χ0) is 21.4. The van der Waals surface area contributed by atoms with E-state index in [-0.39, 0.29) is 5.56 Å². The molecule has 0 saturated heterocycles. The average molecular weight is 416 g/mol. The molecule has 158 valence electrons. The molecular formula is C23H25N7O. The fourth-order valence-electron chi connectivity index (χ4n) is 3.99. The van der Waals surface area contributed by atoms with Crippen LogP contribution < -0.4 is 16.4 Å². The van der Waals surface area contributed by atoms with Crippen molar-refractivity contribution in [3.05, 3.63) is 54.5 Å². The van der Waals surface area contributed by atoms with Gasteiger partial charge in [-0.05, 0) is 55.2 Å². The number of hydrogen-bond donors (Lipinski definition) is 3. The fourth-order valence-corrected chi connectivity index (χ4v) is 3.99. The van der Waals surface area contributed by atoms with Gasteiger partial charge >= 0.3 is 0 Å². The van der Waals surface area contributed by atoms with Crippen molar-refractivity contribution < 1.29 is 4.79 Å². The maximum Gasteiger partial charge on any atom is 0.254 e.